The van der Waals surface area contributed by atoms with Gasteiger partial charge in [-0.1, -0.05) is 36.4 Å². The van der Waals surface area contributed by atoms with Crippen LogP contribution in [0.2, 0.25) is 0 Å². The Hall–Kier alpha value is -0.970. The molecule has 5 nitrogen and oxygen atoms in total. The molecule has 1 aromatic rings. The predicted molar refractivity (Wildman–Crippen MR) is 93.6 cm³/mol. The zero-order valence-corrected chi connectivity index (χ0v) is 15.0. The monoisotopic (exact) mass is 341 g/mol. The van der Waals surface area contributed by atoms with E-state index in [9.17, 15) is 9.67 Å². The van der Waals surface area contributed by atoms with Crippen LogP contribution in [-0.2, 0) is 20.2 Å². The van der Waals surface area contributed by atoms with E-state index in [-0.39, 0.29) is 6.16 Å². The van der Waals surface area contributed by atoms with E-state index in [1.807, 2.05) is 30.3 Å². The number of benzene rings is 1. The van der Waals surface area contributed by atoms with E-state index in [0.29, 0.717) is 32.8 Å². The Kier molecular flexibility index (Phi) is 9.37. The summed E-state index contributed by atoms with van der Waals surface area (Å²) >= 11 is 0. The van der Waals surface area contributed by atoms with Gasteiger partial charge in [0.25, 0.3) is 0 Å². The third kappa shape index (κ3) is 7.91. The molecule has 0 aliphatic carbocycles. The molecule has 0 saturated heterocycles. The van der Waals surface area contributed by atoms with E-state index >= 15 is 0 Å². The second-order valence-corrected chi connectivity index (χ2v) is 7.35. The summed E-state index contributed by atoms with van der Waals surface area (Å²) < 4.78 is 22.9. The first-order chi connectivity index (χ1) is 11.0. The van der Waals surface area contributed by atoms with Crippen molar-refractivity contribution in [1.29, 1.82) is 0 Å². The van der Waals surface area contributed by atoms with Gasteiger partial charge in [0.15, 0.2) is 0 Å². The number of nitrogens with zero attached hydrogens (tertiary/aromatic N) is 1. The predicted octanol–water partition coefficient (Wildman–Crippen LogP) is 3.30. The van der Waals surface area contributed by atoms with E-state index in [4.69, 9.17) is 9.05 Å². The first-order valence-electron chi connectivity index (χ1n) is 7.96. The SMILES string of the molecule is C=CCN(Cc1ccccc1)CC(O)CP(=O)(OCC)OCC. The van der Waals surface area contributed by atoms with Crippen molar-refractivity contribution in [2.24, 2.45) is 0 Å². The summed E-state index contributed by atoms with van der Waals surface area (Å²) in [7, 11) is -3.24. The van der Waals surface area contributed by atoms with Gasteiger partial charge in [-0.2, -0.15) is 0 Å². The Balaban J connectivity index is 2.64. The molecule has 1 N–H and O–H groups in total. The highest BCUT2D eigenvalue weighted by Gasteiger charge is 2.28. The minimum absolute atomic E-state index is 0.00286. The van der Waals surface area contributed by atoms with Crippen molar-refractivity contribution < 1.29 is 18.7 Å². The van der Waals surface area contributed by atoms with Crippen LogP contribution < -0.4 is 0 Å². The maximum Gasteiger partial charge on any atom is 0.333 e. The largest absolute Gasteiger partial charge is 0.391 e. The lowest BCUT2D eigenvalue weighted by Crippen LogP contribution is -2.34. The lowest BCUT2D eigenvalue weighted by Gasteiger charge is -2.26. The number of aliphatic hydroxyl groups is 1. The van der Waals surface area contributed by atoms with Gasteiger partial charge in [-0.15, -0.1) is 6.58 Å². The van der Waals surface area contributed by atoms with Crippen molar-refractivity contribution >= 4 is 7.60 Å². The molecule has 0 aliphatic heterocycles. The van der Waals surface area contributed by atoms with Gasteiger partial charge in [0, 0.05) is 19.6 Å². The number of aliphatic hydroxyl groups excluding tert-OH is 1. The summed E-state index contributed by atoms with van der Waals surface area (Å²) in [5, 5.41) is 10.3. The average Bonchev–Trinajstić information content (AvgIpc) is 2.48. The summed E-state index contributed by atoms with van der Waals surface area (Å²) in [6.45, 7) is 9.58. The Morgan fingerprint density at radius 2 is 1.87 bits per heavy atom. The van der Waals surface area contributed by atoms with Gasteiger partial charge < -0.3 is 14.2 Å². The van der Waals surface area contributed by atoms with Gasteiger partial charge in [-0.05, 0) is 19.4 Å². The molecule has 6 heteroatoms. The third-order valence-corrected chi connectivity index (χ3v) is 5.36. The highest BCUT2D eigenvalue weighted by Crippen LogP contribution is 2.48. The van der Waals surface area contributed by atoms with Crippen LogP contribution in [0.25, 0.3) is 0 Å². The van der Waals surface area contributed by atoms with Crippen molar-refractivity contribution in [2.45, 2.75) is 26.5 Å². The van der Waals surface area contributed by atoms with Crippen LogP contribution in [0.4, 0.5) is 0 Å². The lowest BCUT2D eigenvalue weighted by atomic mass is 10.2. The van der Waals surface area contributed by atoms with Gasteiger partial charge in [0.1, 0.15) is 0 Å². The second-order valence-electron chi connectivity index (χ2n) is 5.25. The molecule has 1 unspecified atom stereocenters. The van der Waals surface area contributed by atoms with Gasteiger partial charge in [0.2, 0.25) is 0 Å². The quantitative estimate of drug-likeness (QED) is 0.467. The van der Waals surface area contributed by atoms with Crippen molar-refractivity contribution in [3.8, 4) is 0 Å². The summed E-state index contributed by atoms with van der Waals surface area (Å²) in [6, 6.07) is 10.0. The zero-order valence-electron chi connectivity index (χ0n) is 14.1. The van der Waals surface area contributed by atoms with Crippen LogP contribution in [0.3, 0.4) is 0 Å². The molecule has 0 heterocycles. The third-order valence-electron chi connectivity index (χ3n) is 3.19. The highest BCUT2D eigenvalue weighted by atomic mass is 31.2. The Labute approximate surface area is 139 Å². The highest BCUT2D eigenvalue weighted by molar-refractivity contribution is 7.53. The number of hydrogen-bond donors (Lipinski definition) is 1. The first kappa shape index (κ1) is 20.1. The Morgan fingerprint density at radius 3 is 2.39 bits per heavy atom. The molecular formula is C17H28NO4P. The van der Waals surface area contributed by atoms with Crippen LogP contribution in [0.5, 0.6) is 0 Å². The molecule has 0 amide bonds. The number of rotatable bonds is 12. The smallest absolute Gasteiger partial charge is 0.333 e. The van der Waals surface area contributed by atoms with E-state index in [1.165, 1.54) is 0 Å². The molecule has 130 valence electrons. The molecule has 1 rings (SSSR count). The molecule has 0 aromatic heterocycles. The molecule has 1 aromatic carbocycles. The van der Waals surface area contributed by atoms with Crippen molar-refractivity contribution in [1.82, 2.24) is 4.90 Å². The van der Waals surface area contributed by atoms with Crippen LogP contribution in [0, 0.1) is 0 Å². The van der Waals surface area contributed by atoms with E-state index in [2.05, 4.69) is 11.5 Å². The fraction of sp³-hybridized carbons (Fsp3) is 0.529. The zero-order chi connectivity index (χ0) is 17.1. The molecule has 23 heavy (non-hydrogen) atoms. The van der Waals surface area contributed by atoms with Gasteiger partial charge in [-0.3, -0.25) is 9.46 Å². The van der Waals surface area contributed by atoms with Crippen molar-refractivity contribution in [2.75, 3.05) is 32.5 Å². The Bertz CT molecular complexity index is 485. The average molecular weight is 341 g/mol. The van der Waals surface area contributed by atoms with E-state index < -0.39 is 13.7 Å². The standard InChI is InChI=1S/C17H28NO4P/c1-4-12-18(13-16-10-8-7-9-11-16)14-17(19)15-23(20,21-5-2)22-6-3/h4,7-11,17,19H,1,5-6,12-15H2,2-3H3. The van der Waals surface area contributed by atoms with Crippen molar-refractivity contribution in [3.05, 3.63) is 48.6 Å². The molecular weight excluding hydrogens is 313 g/mol. The molecule has 0 bridgehead atoms. The maximum absolute atomic E-state index is 12.5. The topological polar surface area (TPSA) is 59.0 Å². The second kappa shape index (κ2) is 10.7. The summed E-state index contributed by atoms with van der Waals surface area (Å²) in [4.78, 5) is 2.05. The minimum Gasteiger partial charge on any atom is -0.391 e. The fourth-order valence-electron chi connectivity index (χ4n) is 2.38. The maximum atomic E-state index is 12.5. The molecule has 0 aliphatic rings. The van der Waals surface area contributed by atoms with Crippen LogP contribution in [-0.4, -0.2) is 48.6 Å². The van der Waals surface area contributed by atoms with E-state index in [1.54, 1.807) is 19.9 Å². The molecule has 0 spiro atoms. The summed E-state index contributed by atoms with van der Waals surface area (Å²) in [5.74, 6) is 0. The van der Waals surface area contributed by atoms with E-state index in [0.717, 1.165) is 5.56 Å². The molecule has 1 atom stereocenters. The number of hydrogen-bond acceptors (Lipinski definition) is 5. The molecule has 0 fully saturated rings. The van der Waals surface area contributed by atoms with Crippen LogP contribution in [0.1, 0.15) is 19.4 Å². The normalized spacial score (nSPS) is 13.2. The summed E-state index contributed by atoms with van der Waals surface area (Å²) in [5.41, 5.74) is 1.15. The van der Waals surface area contributed by atoms with Gasteiger partial charge in [0.05, 0.1) is 25.5 Å². The first-order valence-corrected chi connectivity index (χ1v) is 9.69. The van der Waals surface area contributed by atoms with Gasteiger partial charge in [-0.25, -0.2) is 0 Å². The fourth-order valence-corrected chi connectivity index (χ4v) is 4.08. The van der Waals surface area contributed by atoms with Gasteiger partial charge >= 0.3 is 7.60 Å². The molecule has 0 radical (unpaired) electrons. The lowest BCUT2D eigenvalue weighted by molar-refractivity contribution is 0.121. The summed E-state index contributed by atoms with van der Waals surface area (Å²) in [6.07, 6.45) is 1.000. The molecule has 0 saturated carbocycles. The Morgan fingerprint density at radius 1 is 1.26 bits per heavy atom. The minimum atomic E-state index is -3.24. The van der Waals surface area contributed by atoms with Crippen molar-refractivity contribution in [3.63, 3.8) is 0 Å². The van der Waals surface area contributed by atoms with Crippen LogP contribution in [0.15, 0.2) is 43.0 Å². The van der Waals surface area contributed by atoms with Crippen LogP contribution >= 0.6 is 7.60 Å².